The lowest BCUT2D eigenvalue weighted by Gasteiger charge is -2.10. The van der Waals surface area contributed by atoms with Gasteiger partial charge >= 0.3 is 0 Å². The average Bonchev–Trinajstić information content (AvgIpc) is 3.16. The van der Waals surface area contributed by atoms with Crippen LogP contribution in [0.3, 0.4) is 0 Å². The zero-order chi connectivity index (χ0) is 15.8. The third-order valence-corrected chi connectivity index (χ3v) is 3.92. The molecule has 1 aromatic carbocycles. The molecule has 0 aliphatic heterocycles. The zero-order valence-corrected chi connectivity index (χ0v) is 13.2. The number of imidazole rings is 1. The van der Waals surface area contributed by atoms with Crippen LogP contribution in [0.2, 0.25) is 5.02 Å². The minimum Gasteiger partial charge on any atom is -0.463 e. The third-order valence-electron chi connectivity index (χ3n) is 3.68. The summed E-state index contributed by atoms with van der Waals surface area (Å²) in [5.74, 6) is 1.58. The molecule has 5 heteroatoms. The van der Waals surface area contributed by atoms with Crippen LogP contribution in [-0.4, -0.2) is 9.38 Å². The minimum atomic E-state index is 0.681. The van der Waals surface area contributed by atoms with Crippen LogP contribution in [0, 0.1) is 6.92 Å². The molecule has 3 heterocycles. The highest BCUT2D eigenvalue weighted by Crippen LogP contribution is 2.32. The van der Waals surface area contributed by atoms with Crippen LogP contribution in [0.4, 0.5) is 11.5 Å². The largest absolute Gasteiger partial charge is 0.463 e. The molecular formula is C18H14ClN3O. The molecule has 4 nitrogen and oxygen atoms in total. The Labute approximate surface area is 138 Å². The standard InChI is InChI=1S/C18H14ClN3O/c1-12-5-2-9-16-21-17(15-8-4-10-23-15)18(22(12)16)20-14-7-3-6-13(19)11-14/h2-11,20H,1H3. The highest BCUT2D eigenvalue weighted by molar-refractivity contribution is 6.30. The molecule has 0 spiro atoms. The van der Waals surface area contributed by atoms with Gasteiger partial charge in [0.25, 0.3) is 0 Å². The molecule has 0 saturated carbocycles. The van der Waals surface area contributed by atoms with Gasteiger partial charge in [-0.25, -0.2) is 4.98 Å². The molecule has 3 aromatic heterocycles. The summed E-state index contributed by atoms with van der Waals surface area (Å²) in [5.41, 5.74) is 3.61. The number of pyridine rings is 1. The van der Waals surface area contributed by atoms with E-state index in [1.165, 1.54) is 0 Å². The van der Waals surface area contributed by atoms with Crippen molar-refractivity contribution in [1.29, 1.82) is 0 Å². The monoisotopic (exact) mass is 323 g/mol. The van der Waals surface area contributed by atoms with Crippen LogP contribution >= 0.6 is 11.6 Å². The molecular weight excluding hydrogens is 310 g/mol. The summed E-state index contributed by atoms with van der Waals surface area (Å²) in [7, 11) is 0. The first-order valence-corrected chi connectivity index (χ1v) is 7.65. The van der Waals surface area contributed by atoms with Gasteiger partial charge in [0.15, 0.2) is 5.76 Å². The van der Waals surface area contributed by atoms with Crippen LogP contribution < -0.4 is 5.32 Å². The SMILES string of the molecule is Cc1cccc2nc(-c3ccco3)c(Nc3cccc(Cl)c3)n12. The van der Waals surface area contributed by atoms with E-state index in [1.807, 2.05) is 61.5 Å². The van der Waals surface area contributed by atoms with Crippen molar-refractivity contribution in [2.24, 2.45) is 0 Å². The molecule has 1 N–H and O–H groups in total. The van der Waals surface area contributed by atoms with Gasteiger partial charge in [-0.1, -0.05) is 23.7 Å². The molecule has 0 bridgehead atoms. The number of nitrogens with zero attached hydrogens (tertiary/aromatic N) is 2. The molecule has 0 amide bonds. The zero-order valence-electron chi connectivity index (χ0n) is 12.5. The summed E-state index contributed by atoms with van der Waals surface area (Å²) < 4.78 is 7.62. The number of aryl methyl sites for hydroxylation is 1. The van der Waals surface area contributed by atoms with E-state index in [0.717, 1.165) is 34.3 Å². The maximum Gasteiger partial charge on any atom is 0.156 e. The molecule has 4 aromatic rings. The number of benzene rings is 1. The van der Waals surface area contributed by atoms with E-state index < -0.39 is 0 Å². The van der Waals surface area contributed by atoms with E-state index in [-0.39, 0.29) is 0 Å². The number of rotatable bonds is 3. The van der Waals surface area contributed by atoms with Crippen molar-refractivity contribution < 1.29 is 4.42 Å². The maximum atomic E-state index is 6.09. The molecule has 114 valence electrons. The van der Waals surface area contributed by atoms with Crippen molar-refractivity contribution in [3.8, 4) is 11.5 Å². The van der Waals surface area contributed by atoms with Crippen LogP contribution in [-0.2, 0) is 0 Å². The maximum absolute atomic E-state index is 6.09. The molecule has 0 fully saturated rings. The van der Waals surface area contributed by atoms with Crippen LogP contribution in [0.15, 0.2) is 65.3 Å². The number of furan rings is 1. The Balaban J connectivity index is 1.94. The normalized spacial score (nSPS) is 11.0. The van der Waals surface area contributed by atoms with E-state index in [9.17, 15) is 0 Å². The summed E-state index contributed by atoms with van der Waals surface area (Å²) >= 11 is 6.09. The molecule has 23 heavy (non-hydrogen) atoms. The van der Waals surface area contributed by atoms with Crippen molar-refractivity contribution in [2.75, 3.05) is 5.32 Å². The Morgan fingerprint density at radius 1 is 1.09 bits per heavy atom. The summed E-state index contributed by atoms with van der Waals surface area (Å²) in [6, 6.07) is 17.4. The van der Waals surface area contributed by atoms with Crippen molar-refractivity contribution in [3.05, 3.63) is 71.6 Å². The smallest absolute Gasteiger partial charge is 0.156 e. The number of fused-ring (bicyclic) bond motifs is 1. The second-order valence-corrected chi connectivity index (χ2v) is 5.72. The van der Waals surface area contributed by atoms with Gasteiger partial charge in [0.2, 0.25) is 0 Å². The van der Waals surface area contributed by atoms with E-state index in [0.29, 0.717) is 5.02 Å². The predicted octanol–water partition coefficient (Wildman–Crippen LogP) is 5.30. The van der Waals surface area contributed by atoms with Crippen molar-refractivity contribution in [1.82, 2.24) is 9.38 Å². The number of nitrogens with one attached hydrogen (secondary N) is 1. The Morgan fingerprint density at radius 2 is 1.96 bits per heavy atom. The van der Waals surface area contributed by atoms with Gasteiger partial charge in [0, 0.05) is 16.4 Å². The first-order valence-electron chi connectivity index (χ1n) is 7.27. The fourth-order valence-corrected chi connectivity index (χ4v) is 2.85. The first-order chi connectivity index (χ1) is 11.2. The fraction of sp³-hybridized carbons (Fsp3) is 0.0556. The summed E-state index contributed by atoms with van der Waals surface area (Å²) in [6.45, 7) is 2.05. The second kappa shape index (κ2) is 5.48. The molecule has 4 rings (SSSR count). The van der Waals surface area contributed by atoms with E-state index >= 15 is 0 Å². The Hall–Kier alpha value is -2.72. The number of hydrogen-bond acceptors (Lipinski definition) is 3. The van der Waals surface area contributed by atoms with E-state index in [4.69, 9.17) is 21.0 Å². The topological polar surface area (TPSA) is 42.5 Å². The van der Waals surface area contributed by atoms with Gasteiger partial charge in [-0.05, 0) is 49.4 Å². The molecule has 0 unspecified atom stereocenters. The number of hydrogen-bond donors (Lipinski definition) is 1. The van der Waals surface area contributed by atoms with Crippen molar-refractivity contribution >= 4 is 28.8 Å². The van der Waals surface area contributed by atoms with E-state index in [1.54, 1.807) is 6.26 Å². The van der Waals surface area contributed by atoms with Gasteiger partial charge in [0.1, 0.15) is 17.2 Å². The summed E-state index contributed by atoms with van der Waals surface area (Å²) in [5, 5.41) is 4.10. The molecule has 0 radical (unpaired) electrons. The first kappa shape index (κ1) is 13.9. The van der Waals surface area contributed by atoms with Gasteiger partial charge in [-0.2, -0.15) is 0 Å². The molecule has 0 saturated heterocycles. The number of halogens is 1. The van der Waals surface area contributed by atoms with Crippen LogP contribution in [0.25, 0.3) is 17.1 Å². The lowest BCUT2D eigenvalue weighted by atomic mass is 10.3. The lowest BCUT2D eigenvalue weighted by Crippen LogP contribution is -1.99. The number of aromatic nitrogens is 2. The van der Waals surface area contributed by atoms with Crippen molar-refractivity contribution in [3.63, 3.8) is 0 Å². The number of anilines is 2. The highest BCUT2D eigenvalue weighted by atomic mass is 35.5. The summed E-state index contributed by atoms with van der Waals surface area (Å²) in [6.07, 6.45) is 1.65. The fourth-order valence-electron chi connectivity index (χ4n) is 2.66. The lowest BCUT2D eigenvalue weighted by molar-refractivity contribution is 0.581. The van der Waals surface area contributed by atoms with Gasteiger partial charge in [0.05, 0.1) is 6.26 Å². The Kier molecular flexibility index (Phi) is 3.32. The Bertz CT molecular complexity index is 973. The Morgan fingerprint density at radius 3 is 2.74 bits per heavy atom. The minimum absolute atomic E-state index is 0.681. The van der Waals surface area contributed by atoms with Crippen LogP contribution in [0.1, 0.15) is 5.69 Å². The van der Waals surface area contributed by atoms with Gasteiger partial charge < -0.3 is 9.73 Å². The van der Waals surface area contributed by atoms with E-state index in [2.05, 4.69) is 9.72 Å². The summed E-state index contributed by atoms with van der Waals surface area (Å²) in [4.78, 5) is 4.71. The molecule has 0 atom stereocenters. The molecule has 0 aliphatic rings. The quantitative estimate of drug-likeness (QED) is 0.556. The third kappa shape index (κ3) is 2.47. The molecule has 0 aliphatic carbocycles. The predicted molar refractivity (Wildman–Crippen MR) is 92.4 cm³/mol. The van der Waals surface area contributed by atoms with Crippen molar-refractivity contribution in [2.45, 2.75) is 6.92 Å². The average molecular weight is 324 g/mol. The van der Waals surface area contributed by atoms with Gasteiger partial charge in [-0.3, -0.25) is 4.40 Å². The highest BCUT2D eigenvalue weighted by Gasteiger charge is 2.17. The second-order valence-electron chi connectivity index (χ2n) is 5.28. The van der Waals surface area contributed by atoms with Gasteiger partial charge in [-0.15, -0.1) is 0 Å². The van der Waals surface area contributed by atoms with Crippen LogP contribution in [0.5, 0.6) is 0 Å².